The van der Waals surface area contributed by atoms with E-state index in [1.807, 2.05) is 31.2 Å². The first-order valence-electron chi connectivity index (χ1n) is 8.04. The zero-order valence-electron chi connectivity index (χ0n) is 13.8. The van der Waals surface area contributed by atoms with Crippen molar-refractivity contribution in [2.24, 2.45) is 11.0 Å². The Morgan fingerprint density at radius 3 is 2.20 bits per heavy atom. The summed E-state index contributed by atoms with van der Waals surface area (Å²) < 4.78 is 0.988. The number of hydrogen-bond acceptors (Lipinski definition) is 3. The average Bonchev–Trinajstić information content (AvgIpc) is 3.46. The first-order valence-corrected chi connectivity index (χ1v) is 8.84. The average molecular weight is 400 g/mol. The van der Waals surface area contributed by atoms with Crippen molar-refractivity contribution in [2.75, 3.05) is 5.32 Å². The number of rotatable bonds is 5. The quantitative estimate of drug-likeness (QED) is 0.590. The Morgan fingerprint density at radius 2 is 1.60 bits per heavy atom. The van der Waals surface area contributed by atoms with Gasteiger partial charge < -0.3 is 5.32 Å². The Morgan fingerprint density at radius 1 is 1.00 bits per heavy atom. The Balaban J connectivity index is 1.59. The maximum absolute atomic E-state index is 12.2. The number of hydrazone groups is 1. The summed E-state index contributed by atoms with van der Waals surface area (Å²) in [6, 6.07) is 14.5. The topological polar surface area (TPSA) is 70.6 Å². The third-order valence-corrected chi connectivity index (χ3v) is 4.48. The van der Waals surface area contributed by atoms with Crippen LogP contribution in [0.25, 0.3) is 0 Å². The van der Waals surface area contributed by atoms with E-state index in [4.69, 9.17) is 0 Å². The van der Waals surface area contributed by atoms with Crippen LogP contribution in [0, 0.1) is 5.92 Å². The first-order chi connectivity index (χ1) is 12.0. The van der Waals surface area contributed by atoms with Gasteiger partial charge in [0.05, 0.1) is 5.71 Å². The number of benzene rings is 2. The van der Waals surface area contributed by atoms with Crippen LogP contribution in [0.15, 0.2) is 58.1 Å². The van der Waals surface area contributed by atoms with Crippen LogP contribution < -0.4 is 10.7 Å². The van der Waals surface area contributed by atoms with Crippen molar-refractivity contribution in [3.8, 4) is 0 Å². The number of carbonyl (C=O) groups is 2. The molecule has 1 aliphatic carbocycles. The first kappa shape index (κ1) is 17.4. The molecule has 2 N–H and O–H groups in total. The van der Waals surface area contributed by atoms with Crippen LogP contribution in [0.3, 0.4) is 0 Å². The Kier molecular flexibility index (Phi) is 5.28. The lowest BCUT2D eigenvalue weighted by Crippen LogP contribution is -2.19. The van der Waals surface area contributed by atoms with Crippen LogP contribution in [0.1, 0.15) is 35.7 Å². The van der Waals surface area contributed by atoms with E-state index in [0.717, 1.165) is 22.9 Å². The molecular formula is C19H18BrN3O2. The lowest BCUT2D eigenvalue weighted by molar-refractivity contribution is -0.117. The van der Waals surface area contributed by atoms with Gasteiger partial charge in [-0.15, -0.1) is 0 Å². The smallest absolute Gasteiger partial charge is 0.271 e. The van der Waals surface area contributed by atoms with Crippen LogP contribution in [-0.4, -0.2) is 17.5 Å². The molecule has 0 aliphatic heterocycles. The van der Waals surface area contributed by atoms with Crippen molar-refractivity contribution < 1.29 is 9.59 Å². The summed E-state index contributed by atoms with van der Waals surface area (Å²) in [5.74, 6) is -0.0950. The molecule has 3 rings (SSSR count). The van der Waals surface area contributed by atoms with Gasteiger partial charge in [0.15, 0.2) is 0 Å². The van der Waals surface area contributed by atoms with Gasteiger partial charge in [0, 0.05) is 21.6 Å². The van der Waals surface area contributed by atoms with Gasteiger partial charge in [-0.1, -0.05) is 28.1 Å². The number of anilines is 1. The highest BCUT2D eigenvalue weighted by Crippen LogP contribution is 2.30. The third kappa shape index (κ3) is 4.76. The Labute approximate surface area is 154 Å². The zero-order chi connectivity index (χ0) is 17.8. The molecule has 1 fully saturated rings. The molecule has 0 spiro atoms. The molecule has 2 aromatic rings. The van der Waals surface area contributed by atoms with Gasteiger partial charge in [0.2, 0.25) is 5.91 Å². The number of nitrogens with one attached hydrogen (secondary N) is 2. The van der Waals surface area contributed by atoms with E-state index in [2.05, 4.69) is 31.8 Å². The number of hydrogen-bond donors (Lipinski definition) is 2. The van der Waals surface area contributed by atoms with E-state index in [1.165, 1.54) is 0 Å². The standard InChI is InChI=1S/C19H18BrN3O2/c1-12(13-4-8-16(20)9-5-13)22-23-19(25)15-6-10-17(11-7-15)21-18(24)14-2-3-14/h4-11,14H,2-3H2,1H3,(H,21,24)(H,23,25)/b22-12+. The molecule has 0 atom stereocenters. The van der Waals surface area contributed by atoms with Crippen molar-refractivity contribution in [2.45, 2.75) is 19.8 Å². The molecule has 0 bridgehead atoms. The highest BCUT2D eigenvalue weighted by molar-refractivity contribution is 9.10. The molecule has 6 heteroatoms. The van der Waals surface area contributed by atoms with Crippen LogP contribution in [0.2, 0.25) is 0 Å². The van der Waals surface area contributed by atoms with E-state index in [1.54, 1.807) is 24.3 Å². The molecule has 2 aromatic carbocycles. The number of nitrogens with zero attached hydrogens (tertiary/aromatic N) is 1. The summed E-state index contributed by atoms with van der Waals surface area (Å²) in [6.45, 7) is 1.83. The molecule has 0 saturated heterocycles. The van der Waals surface area contributed by atoms with Crippen molar-refractivity contribution in [3.63, 3.8) is 0 Å². The molecule has 25 heavy (non-hydrogen) atoms. The molecule has 0 aromatic heterocycles. The van der Waals surface area contributed by atoms with Gasteiger partial charge in [0.25, 0.3) is 5.91 Å². The van der Waals surface area contributed by atoms with Gasteiger partial charge in [0.1, 0.15) is 0 Å². The monoisotopic (exact) mass is 399 g/mol. The molecule has 1 saturated carbocycles. The third-order valence-electron chi connectivity index (χ3n) is 3.95. The highest BCUT2D eigenvalue weighted by atomic mass is 79.9. The predicted octanol–water partition coefficient (Wildman–Crippen LogP) is 3.95. The van der Waals surface area contributed by atoms with E-state index in [-0.39, 0.29) is 17.7 Å². The van der Waals surface area contributed by atoms with Crippen LogP contribution in [0.4, 0.5) is 5.69 Å². The maximum Gasteiger partial charge on any atom is 0.271 e. The molecule has 0 heterocycles. The second-order valence-electron chi connectivity index (χ2n) is 5.99. The van der Waals surface area contributed by atoms with Crippen LogP contribution >= 0.6 is 15.9 Å². The molecule has 1 aliphatic rings. The summed E-state index contributed by atoms with van der Waals surface area (Å²) >= 11 is 3.38. The van der Waals surface area contributed by atoms with Crippen LogP contribution in [0.5, 0.6) is 0 Å². The van der Waals surface area contributed by atoms with E-state index in [9.17, 15) is 9.59 Å². The van der Waals surface area contributed by atoms with Gasteiger partial charge in [-0.2, -0.15) is 5.10 Å². The van der Waals surface area contributed by atoms with Crippen molar-refractivity contribution in [1.29, 1.82) is 0 Å². The fourth-order valence-corrected chi connectivity index (χ4v) is 2.51. The number of halogens is 1. The molecule has 128 valence electrons. The molecular weight excluding hydrogens is 382 g/mol. The fraction of sp³-hybridized carbons (Fsp3) is 0.211. The zero-order valence-corrected chi connectivity index (χ0v) is 15.3. The molecule has 2 amide bonds. The maximum atomic E-state index is 12.2. The Bertz CT molecular complexity index is 810. The van der Waals surface area contributed by atoms with Crippen molar-refractivity contribution in [3.05, 3.63) is 64.1 Å². The minimum absolute atomic E-state index is 0.0481. The highest BCUT2D eigenvalue weighted by Gasteiger charge is 2.29. The van der Waals surface area contributed by atoms with Gasteiger partial charge in [-0.25, -0.2) is 5.43 Å². The SMILES string of the molecule is C/C(=N\NC(=O)c1ccc(NC(=O)C2CC2)cc1)c1ccc(Br)cc1. The summed E-state index contributed by atoms with van der Waals surface area (Å²) in [5, 5.41) is 6.98. The van der Waals surface area contributed by atoms with Crippen LogP contribution in [-0.2, 0) is 4.79 Å². The number of amides is 2. The second-order valence-corrected chi connectivity index (χ2v) is 6.90. The summed E-state index contributed by atoms with van der Waals surface area (Å²) in [4.78, 5) is 23.9. The normalized spacial score (nSPS) is 14.1. The van der Waals surface area contributed by atoms with E-state index >= 15 is 0 Å². The minimum atomic E-state index is -0.295. The Hall–Kier alpha value is -2.47. The van der Waals surface area contributed by atoms with E-state index < -0.39 is 0 Å². The number of carbonyl (C=O) groups excluding carboxylic acids is 2. The lowest BCUT2D eigenvalue weighted by Gasteiger charge is -2.06. The van der Waals surface area contributed by atoms with Gasteiger partial charge in [-0.05, 0) is 61.7 Å². The predicted molar refractivity (Wildman–Crippen MR) is 102 cm³/mol. The van der Waals surface area contributed by atoms with Gasteiger partial charge >= 0.3 is 0 Å². The van der Waals surface area contributed by atoms with Gasteiger partial charge in [-0.3, -0.25) is 9.59 Å². The molecule has 0 unspecified atom stereocenters. The fourth-order valence-electron chi connectivity index (χ4n) is 2.25. The summed E-state index contributed by atoms with van der Waals surface area (Å²) in [6.07, 6.45) is 1.92. The summed E-state index contributed by atoms with van der Waals surface area (Å²) in [7, 11) is 0. The second kappa shape index (κ2) is 7.61. The van der Waals surface area contributed by atoms with Crippen molar-refractivity contribution in [1.82, 2.24) is 5.43 Å². The van der Waals surface area contributed by atoms with E-state index in [0.29, 0.717) is 17.0 Å². The minimum Gasteiger partial charge on any atom is -0.326 e. The molecule has 5 nitrogen and oxygen atoms in total. The largest absolute Gasteiger partial charge is 0.326 e. The summed E-state index contributed by atoms with van der Waals surface area (Å²) in [5.41, 5.74) is 5.38. The lowest BCUT2D eigenvalue weighted by atomic mass is 10.1. The van der Waals surface area contributed by atoms with Crippen molar-refractivity contribution >= 4 is 39.1 Å². The molecule has 0 radical (unpaired) electrons.